The standard InChI is InChI=1S/C23H29ClN6O3/c1-15-11-16(26-17-13-30(24)14-18-21(17)20(31)12-25-27-18)5-6-19(15)28-7-9-29(10-8-28)22(32)33-23(2,3)4/h5-6,11,14,26H,7-10,12-13H2,1-4H3. The van der Waals surface area contributed by atoms with Crippen molar-refractivity contribution in [2.45, 2.75) is 33.3 Å². The van der Waals surface area contributed by atoms with E-state index in [4.69, 9.17) is 16.5 Å². The normalized spacial score (nSPS) is 18.9. The highest BCUT2D eigenvalue weighted by molar-refractivity contribution is 6.15. The van der Waals surface area contributed by atoms with Crippen LogP contribution < -0.4 is 10.2 Å². The number of azo groups is 1. The van der Waals surface area contributed by atoms with E-state index in [9.17, 15) is 9.59 Å². The van der Waals surface area contributed by atoms with Crippen LogP contribution in [0.1, 0.15) is 26.3 Å². The van der Waals surface area contributed by atoms with Gasteiger partial charge in [-0.05, 0) is 51.5 Å². The Bertz CT molecular complexity index is 1050. The second kappa shape index (κ2) is 9.05. The molecule has 176 valence electrons. The number of hydrogen-bond donors (Lipinski definition) is 1. The molecular weight excluding hydrogens is 444 g/mol. The zero-order chi connectivity index (χ0) is 23.8. The molecule has 9 nitrogen and oxygen atoms in total. The molecule has 0 aliphatic carbocycles. The largest absolute Gasteiger partial charge is 0.444 e. The summed E-state index contributed by atoms with van der Waals surface area (Å²) in [6, 6.07) is 6.10. The summed E-state index contributed by atoms with van der Waals surface area (Å²) in [5.41, 5.74) is 4.32. The Morgan fingerprint density at radius 2 is 1.91 bits per heavy atom. The molecule has 3 aliphatic heterocycles. The quantitative estimate of drug-likeness (QED) is 0.667. The van der Waals surface area contributed by atoms with Crippen molar-refractivity contribution in [1.82, 2.24) is 9.32 Å². The Morgan fingerprint density at radius 3 is 2.58 bits per heavy atom. The maximum Gasteiger partial charge on any atom is 0.410 e. The number of fused-ring (bicyclic) bond motifs is 1. The number of nitrogens with zero attached hydrogens (tertiary/aromatic N) is 5. The molecule has 0 atom stereocenters. The van der Waals surface area contributed by atoms with Gasteiger partial charge in [-0.3, -0.25) is 9.21 Å². The fraction of sp³-hybridized carbons (Fsp3) is 0.478. The fourth-order valence-corrected chi connectivity index (χ4v) is 4.30. The molecule has 0 spiro atoms. The summed E-state index contributed by atoms with van der Waals surface area (Å²) in [6.45, 7) is 10.8. The molecule has 0 saturated carbocycles. The van der Waals surface area contributed by atoms with Crippen LogP contribution in [0.5, 0.6) is 0 Å². The number of amides is 1. The van der Waals surface area contributed by atoms with Gasteiger partial charge in [-0.2, -0.15) is 10.2 Å². The number of allylic oxidation sites excluding steroid dienone is 1. The summed E-state index contributed by atoms with van der Waals surface area (Å²) in [6.07, 6.45) is 1.35. The third-order valence-corrected chi connectivity index (χ3v) is 5.78. The van der Waals surface area contributed by atoms with Crippen LogP contribution in [-0.2, 0) is 9.53 Å². The number of aryl methyl sites for hydroxylation is 1. The monoisotopic (exact) mass is 472 g/mol. The van der Waals surface area contributed by atoms with E-state index in [0.29, 0.717) is 36.6 Å². The van der Waals surface area contributed by atoms with E-state index >= 15 is 0 Å². The highest BCUT2D eigenvalue weighted by atomic mass is 35.5. The van der Waals surface area contributed by atoms with Crippen LogP contribution in [0.3, 0.4) is 0 Å². The van der Waals surface area contributed by atoms with Crippen LogP contribution in [0, 0.1) is 6.92 Å². The number of piperazine rings is 1. The van der Waals surface area contributed by atoms with Gasteiger partial charge in [0.25, 0.3) is 0 Å². The Morgan fingerprint density at radius 1 is 1.18 bits per heavy atom. The summed E-state index contributed by atoms with van der Waals surface area (Å²) >= 11 is 6.20. The third-order valence-electron chi connectivity index (χ3n) is 5.57. The maximum atomic E-state index is 12.4. The number of Topliss-reactive ketones (excluding diaryl/α,β-unsaturated/α-hetero) is 1. The molecule has 1 saturated heterocycles. The minimum absolute atomic E-state index is 0.0490. The Hall–Kier alpha value is -3.07. The van der Waals surface area contributed by atoms with E-state index in [1.807, 2.05) is 26.8 Å². The van der Waals surface area contributed by atoms with Crippen LogP contribution in [0.4, 0.5) is 16.2 Å². The van der Waals surface area contributed by atoms with Gasteiger partial charge in [0.05, 0.1) is 12.1 Å². The zero-order valence-electron chi connectivity index (χ0n) is 19.4. The van der Waals surface area contributed by atoms with Gasteiger partial charge in [0.2, 0.25) is 0 Å². The van der Waals surface area contributed by atoms with Crippen LogP contribution >= 0.6 is 11.8 Å². The van der Waals surface area contributed by atoms with Crippen molar-refractivity contribution in [3.05, 3.63) is 46.9 Å². The molecular formula is C23H29ClN6O3. The fourth-order valence-electron chi connectivity index (χ4n) is 4.09. The Balaban J connectivity index is 1.44. The van der Waals surface area contributed by atoms with Crippen molar-refractivity contribution in [1.29, 1.82) is 0 Å². The minimum Gasteiger partial charge on any atom is -0.444 e. The summed E-state index contributed by atoms with van der Waals surface area (Å²) in [7, 11) is 0. The number of carbonyl (C=O) groups excluding carboxylic acids is 2. The molecule has 1 amide bonds. The van der Waals surface area contributed by atoms with Gasteiger partial charge < -0.3 is 19.9 Å². The van der Waals surface area contributed by atoms with Gasteiger partial charge in [0.15, 0.2) is 5.78 Å². The second-order valence-corrected chi connectivity index (χ2v) is 9.76. The molecule has 0 aromatic heterocycles. The van der Waals surface area contributed by atoms with Crippen LogP contribution in [-0.4, -0.2) is 66.1 Å². The molecule has 33 heavy (non-hydrogen) atoms. The number of nitrogens with one attached hydrogen (secondary N) is 1. The molecule has 1 fully saturated rings. The molecule has 1 aromatic carbocycles. The maximum absolute atomic E-state index is 12.4. The second-order valence-electron chi connectivity index (χ2n) is 9.33. The lowest BCUT2D eigenvalue weighted by Crippen LogP contribution is -2.50. The first kappa shape index (κ1) is 23.1. The smallest absolute Gasteiger partial charge is 0.410 e. The molecule has 0 unspecified atom stereocenters. The summed E-state index contributed by atoms with van der Waals surface area (Å²) in [5, 5.41) is 11.3. The number of benzene rings is 1. The lowest BCUT2D eigenvalue weighted by molar-refractivity contribution is -0.114. The summed E-state index contributed by atoms with van der Waals surface area (Å²) in [5.74, 6) is -0.0697. The number of rotatable bonds is 3. The number of ketones is 1. The molecule has 0 bridgehead atoms. The van der Waals surface area contributed by atoms with Gasteiger partial charge >= 0.3 is 6.09 Å². The molecule has 3 aliphatic rings. The summed E-state index contributed by atoms with van der Waals surface area (Å²) in [4.78, 5) is 28.8. The number of hydrogen-bond acceptors (Lipinski definition) is 8. The first-order chi connectivity index (χ1) is 15.6. The van der Waals surface area contributed by atoms with Crippen molar-refractivity contribution >= 4 is 35.0 Å². The van der Waals surface area contributed by atoms with Crippen molar-refractivity contribution in [3.63, 3.8) is 0 Å². The van der Waals surface area contributed by atoms with Gasteiger partial charge in [0.1, 0.15) is 17.8 Å². The van der Waals surface area contributed by atoms with Gasteiger partial charge in [-0.1, -0.05) is 0 Å². The average molecular weight is 473 g/mol. The summed E-state index contributed by atoms with van der Waals surface area (Å²) < 4.78 is 6.95. The van der Waals surface area contributed by atoms with E-state index in [-0.39, 0.29) is 18.4 Å². The van der Waals surface area contributed by atoms with E-state index < -0.39 is 5.60 Å². The van der Waals surface area contributed by atoms with Crippen LogP contribution in [0.2, 0.25) is 0 Å². The van der Waals surface area contributed by atoms with E-state index in [2.05, 4.69) is 39.5 Å². The molecule has 10 heteroatoms. The SMILES string of the molecule is Cc1cc(NC2=C3C(=O)CN=NC3=CN(Cl)C2)ccc1N1CCN(C(=O)OC(C)(C)C)CC1. The van der Waals surface area contributed by atoms with Gasteiger partial charge in [-0.25, -0.2) is 4.79 Å². The molecule has 4 rings (SSSR count). The lowest BCUT2D eigenvalue weighted by atomic mass is 10.0. The third kappa shape index (κ3) is 5.30. The number of carbonyl (C=O) groups is 2. The number of ether oxygens (including phenoxy) is 1. The molecule has 1 N–H and O–H groups in total. The molecule has 3 heterocycles. The first-order valence-corrected chi connectivity index (χ1v) is 11.3. The highest BCUT2D eigenvalue weighted by Crippen LogP contribution is 2.31. The zero-order valence-corrected chi connectivity index (χ0v) is 20.1. The Labute approximate surface area is 198 Å². The van der Waals surface area contributed by atoms with Crippen molar-refractivity contribution < 1.29 is 14.3 Å². The number of anilines is 2. The minimum atomic E-state index is -0.496. The first-order valence-electron chi connectivity index (χ1n) is 11.0. The number of halogens is 1. The van der Waals surface area contributed by atoms with Gasteiger partial charge in [0, 0.05) is 61.2 Å². The highest BCUT2D eigenvalue weighted by Gasteiger charge is 2.29. The van der Waals surface area contributed by atoms with E-state index in [1.165, 1.54) is 4.42 Å². The van der Waals surface area contributed by atoms with Crippen LogP contribution in [0.15, 0.2) is 51.6 Å². The molecule has 1 aromatic rings. The predicted molar refractivity (Wildman–Crippen MR) is 127 cm³/mol. The topological polar surface area (TPSA) is 89.8 Å². The van der Waals surface area contributed by atoms with Crippen LogP contribution in [0.25, 0.3) is 0 Å². The lowest BCUT2D eigenvalue weighted by Gasteiger charge is -2.37. The van der Waals surface area contributed by atoms with E-state index in [0.717, 1.165) is 30.0 Å². The van der Waals surface area contributed by atoms with Gasteiger partial charge in [-0.15, -0.1) is 0 Å². The van der Waals surface area contributed by atoms with Crippen molar-refractivity contribution in [2.24, 2.45) is 10.2 Å². The average Bonchev–Trinajstić information content (AvgIpc) is 2.72. The van der Waals surface area contributed by atoms with E-state index in [1.54, 1.807) is 11.1 Å². The Kier molecular flexibility index (Phi) is 6.34. The molecule has 0 radical (unpaired) electrons. The predicted octanol–water partition coefficient (Wildman–Crippen LogP) is 4.06. The van der Waals surface area contributed by atoms with Crippen molar-refractivity contribution in [2.75, 3.05) is 49.5 Å². The van der Waals surface area contributed by atoms with Crippen molar-refractivity contribution in [3.8, 4) is 0 Å².